The van der Waals surface area contributed by atoms with Crippen LogP contribution in [0.5, 0.6) is 0 Å². The van der Waals surface area contributed by atoms with Gasteiger partial charge in [-0.3, -0.25) is 14.7 Å². The fourth-order valence-electron chi connectivity index (χ4n) is 2.03. The molecule has 1 aliphatic rings. The van der Waals surface area contributed by atoms with E-state index in [-0.39, 0.29) is 5.91 Å². The van der Waals surface area contributed by atoms with E-state index in [1.165, 1.54) is 0 Å². The fraction of sp³-hybridized carbons (Fsp3) is 0.0769. The molecular formula is C13H10N2O. The maximum Gasteiger partial charge on any atom is 0.236 e. The minimum absolute atomic E-state index is 0.118. The molecular weight excluding hydrogens is 200 g/mol. The van der Waals surface area contributed by atoms with Crippen molar-refractivity contribution in [3.63, 3.8) is 0 Å². The number of para-hydroxylation sites is 1. The number of carbonyl (C=O) groups excluding carboxylic acids is 1. The van der Waals surface area contributed by atoms with Crippen molar-refractivity contribution in [3.05, 3.63) is 54.4 Å². The zero-order valence-corrected chi connectivity index (χ0v) is 8.63. The quantitative estimate of drug-likeness (QED) is 0.723. The van der Waals surface area contributed by atoms with Crippen LogP contribution in [0.2, 0.25) is 0 Å². The molecule has 1 aromatic carbocycles. The smallest absolute Gasteiger partial charge is 0.236 e. The molecule has 0 unspecified atom stereocenters. The number of amides is 1. The summed E-state index contributed by atoms with van der Waals surface area (Å²) in [6.07, 6.45) is 3.88. The van der Waals surface area contributed by atoms with Crippen LogP contribution in [-0.4, -0.2) is 10.9 Å². The van der Waals surface area contributed by atoms with E-state index in [0.717, 1.165) is 16.9 Å². The van der Waals surface area contributed by atoms with E-state index in [1.54, 1.807) is 17.3 Å². The summed E-state index contributed by atoms with van der Waals surface area (Å²) in [5, 5.41) is 0. The molecule has 0 spiro atoms. The summed E-state index contributed by atoms with van der Waals surface area (Å²) in [7, 11) is 0. The van der Waals surface area contributed by atoms with Crippen LogP contribution in [0.25, 0.3) is 0 Å². The zero-order valence-electron chi connectivity index (χ0n) is 8.63. The van der Waals surface area contributed by atoms with Crippen LogP contribution in [-0.2, 0) is 11.2 Å². The van der Waals surface area contributed by atoms with Gasteiger partial charge in [-0.05, 0) is 23.8 Å². The Morgan fingerprint density at radius 2 is 1.81 bits per heavy atom. The Hall–Kier alpha value is -2.16. The molecule has 0 N–H and O–H groups in total. The van der Waals surface area contributed by atoms with Gasteiger partial charge in [-0.15, -0.1) is 0 Å². The molecule has 0 saturated carbocycles. The topological polar surface area (TPSA) is 33.2 Å². The van der Waals surface area contributed by atoms with Crippen LogP contribution in [0.1, 0.15) is 5.56 Å². The van der Waals surface area contributed by atoms with Crippen LogP contribution in [0.4, 0.5) is 11.4 Å². The van der Waals surface area contributed by atoms with E-state index in [1.807, 2.05) is 36.4 Å². The van der Waals surface area contributed by atoms with Gasteiger partial charge in [0.05, 0.1) is 17.8 Å². The fourth-order valence-corrected chi connectivity index (χ4v) is 2.03. The predicted octanol–water partition coefficient (Wildman–Crippen LogP) is 2.30. The summed E-state index contributed by atoms with van der Waals surface area (Å²) in [6.45, 7) is 0. The SMILES string of the molecule is O=C1Cc2ccccc2N1c1ccncc1. The molecule has 2 aromatic rings. The van der Waals surface area contributed by atoms with Crippen LogP contribution in [0.15, 0.2) is 48.8 Å². The Kier molecular flexibility index (Phi) is 1.96. The van der Waals surface area contributed by atoms with Gasteiger partial charge in [0, 0.05) is 12.4 Å². The number of aromatic nitrogens is 1. The van der Waals surface area contributed by atoms with Gasteiger partial charge in [0.15, 0.2) is 0 Å². The largest absolute Gasteiger partial charge is 0.280 e. The molecule has 1 amide bonds. The first-order chi connectivity index (χ1) is 7.86. The Morgan fingerprint density at radius 1 is 1.06 bits per heavy atom. The molecule has 3 heteroatoms. The van der Waals surface area contributed by atoms with Gasteiger partial charge < -0.3 is 0 Å². The number of fused-ring (bicyclic) bond motifs is 1. The third kappa shape index (κ3) is 1.29. The number of anilines is 2. The minimum atomic E-state index is 0.118. The molecule has 78 valence electrons. The van der Waals surface area contributed by atoms with Crippen LogP contribution >= 0.6 is 0 Å². The normalized spacial score (nSPS) is 14.0. The van der Waals surface area contributed by atoms with E-state index in [9.17, 15) is 4.79 Å². The highest BCUT2D eigenvalue weighted by atomic mass is 16.2. The maximum absolute atomic E-state index is 11.9. The molecule has 0 aliphatic carbocycles. The van der Waals surface area contributed by atoms with Crippen molar-refractivity contribution < 1.29 is 4.79 Å². The lowest BCUT2D eigenvalue weighted by molar-refractivity contribution is -0.116. The summed E-state index contributed by atoms with van der Waals surface area (Å²) in [6, 6.07) is 11.6. The lowest BCUT2D eigenvalue weighted by Crippen LogP contribution is -2.20. The number of benzene rings is 1. The van der Waals surface area contributed by atoms with Crippen LogP contribution < -0.4 is 4.90 Å². The number of nitrogens with zero attached hydrogens (tertiary/aromatic N) is 2. The van der Waals surface area contributed by atoms with Crippen molar-refractivity contribution in [3.8, 4) is 0 Å². The Morgan fingerprint density at radius 3 is 2.62 bits per heavy atom. The molecule has 16 heavy (non-hydrogen) atoms. The van der Waals surface area contributed by atoms with Crippen molar-refractivity contribution in [2.24, 2.45) is 0 Å². The number of hydrogen-bond acceptors (Lipinski definition) is 2. The molecule has 2 heterocycles. The van der Waals surface area contributed by atoms with E-state index in [4.69, 9.17) is 0 Å². The molecule has 0 atom stereocenters. The van der Waals surface area contributed by atoms with Crippen molar-refractivity contribution in [1.82, 2.24) is 4.98 Å². The number of pyridine rings is 1. The third-order valence-electron chi connectivity index (χ3n) is 2.74. The van der Waals surface area contributed by atoms with E-state index in [0.29, 0.717) is 6.42 Å². The lowest BCUT2D eigenvalue weighted by atomic mass is 10.2. The van der Waals surface area contributed by atoms with Gasteiger partial charge in [-0.25, -0.2) is 0 Å². The Balaban J connectivity index is 2.13. The molecule has 0 bridgehead atoms. The van der Waals surface area contributed by atoms with Gasteiger partial charge in [-0.2, -0.15) is 0 Å². The van der Waals surface area contributed by atoms with Crippen LogP contribution in [0.3, 0.4) is 0 Å². The van der Waals surface area contributed by atoms with Gasteiger partial charge in [0.1, 0.15) is 0 Å². The number of hydrogen-bond donors (Lipinski definition) is 0. The second-order valence-corrected chi connectivity index (χ2v) is 3.74. The minimum Gasteiger partial charge on any atom is -0.280 e. The summed E-state index contributed by atoms with van der Waals surface area (Å²) in [5.74, 6) is 0.118. The molecule has 0 radical (unpaired) electrons. The van der Waals surface area contributed by atoms with Gasteiger partial charge in [0.25, 0.3) is 0 Å². The molecule has 0 saturated heterocycles. The van der Waals surface area contributed by atoms with E-state index in [2.05, 4.69) is 4.98 Å². The first-order valence-corrected chi connectivity index (χ1v) is 5.17. The Bertz CT molecular complexity index is 537. The van der Waals surface area contributed by atoms with Gasteiger partial charge in [-0.1, -0.05) is 18.2 Å². The number of rotatable bonds is 1. The number of carbonyl (C=O) groups is 1. The molecule has 3 nitrogen and oxygen atoms in total. The zero-order chi connectivity index (χ0) is 11.0. The molecule has 1 aliphatic heterocycles. The van der Waals surface area contributed by atoms with Crippen molar-refractivity contribution >= 4 is 17.3 Å². The van der Waals surface area contributed by atoms with Crippen molar-refractivity contribution in [1.29, 1.82) is 0 Å². The summed E-state index contributed by atoms with van der Waals surface area (Å²) in [5.41, 5.74) is 2.95. The Labute approximate surface area is 93.4 Å². The molecule has 0 fully saturated rings. The van der Waals surface area contributed by atoms with Gasteiger partial charge >= 0.3 is 0 Å². The van der Waals surface area contributed by atoms with E-state index < -0.39 is 0 Å². The first kappa shape index (κ1) is 9.09. The lowest BCUT2D eigenvalue weighted by Gasteiger charge is -2.16. The van der Waals surface area contributed by atoms with Crippen molar-refractivity contribution in [2.45, 2.75) is 6.42 Å². The highest BCUT2D eigenvalue weighted by molar-refractivity contribution is 6.07. The first-order valence-electron chi connectivity index (χ1n) is 5.17. The third-order valence-corrected chi connectivity index (χ3v) is 2.74. The second-order valence-electron chi connectivity index (χ2n) is 3.74. The molecule has 3 rings (SSSR count). The van der Waals surface area contributed by atoms with Crippen LogP contribution in [0, 0.1) is 0 Å². The standard InChI is InChI=1S/C13H10N2O/c16-13-9-10-3-1-2-4-12(10)15(13)11-5-7-14-8-6-11/h1-8H,9H2. The highest BCUT2D eigenvalue weighted by Crippen LogP contribution is 2.34. The summed E-state index contributed by atoms with van der Waals surface area (Å²) >= 11 is 0. The predicted molar refractivity (Wildman–Crippen MR) is 61.5 cm³/mol. The average Bonchev–Trinajstić information content (AvgIpc) is 2.66. The monoisotopic (exact) mass is 210 g/mol. The second kappa shape index (κ2) is 3.45. The van der Waals surface area contributed by atoms with Gasteiger partial charge in [0.2, 0.25) is 5.91 Å². The van der Waals surface area contributed by atoms with E-state index >= 15 is 0 Å². The maximum atomic E-state index is 11.9. The highest BCUT2D eigenvalue weighted by Gasteiger charge is 2.27. The molecule has 1 aromatic heterocycles. The summed E-state index contributed by atoms with van der Waals surface area (Å²) in [4.78, 5) is 17.6. The van der Waals surface area contributed by atoms with Crippen molar-refractivity contribution in [2.75, 3.05) is 4.90 Å². The summed E-state index contributed by atoms with van der Waals surface area (Å²) < 4.78 is 0. The average molecular weight is 210 g/mol.